The summed E-state index contributed by atoms with van der Waals surface area (Å²) in [6.45, 7) is 1.79. The lowest BCUT2D eigenvalue weighted by atomic mass is 9.88. The number of rotatable bonds is 1. The van der Waals surface area contributed by atoms with E-state index in [2.05, 4.69) is 15.9 Å². The number of alkyl halides is 4. The fraction of sp³-hybridized carbons (Fsp3) is 0.600. The van der Waals surface area contributed by atoms with Crippen LogP contribution < -0.4 is 0 Å². The molecule has 0 amide bonds. The van der Waals surface area contributed by atoms with Crippen LogP contribution in [0.3, 0.4) is 0 Å². The van der Waals surface area contributed by atoms with Gasteiger partial charge >= 0.3 is 6.18 Å². The lowest BCUT2D eigenvalue weighted by Crippen LogP contribution is -2.09. The second-order valence-corrected chi connectivity index (χ2v) is 6.68. The van der Waals surface area contributed by atoms with Gasteiger partial charge in [-0.25, -0.2) is 0 Å². The molecule has 2 rings (SSSR count). The Balaban J connectivity index is 2.25. The average molecular weight is 335 g/mol. The first-order valence-electron chi connectivity index (χ1n) is 6.69. The first-order valence-corrected chi connectivity index (χ1v) is 7.61. The highest BCUT2D eigenvalue weighted by atomic mass is 79.9. The molecule has 1 saturated carbocycles. The molecule has 0 spiro atoms. The molecule has 2 unspecified atom stereocenters. The Labute approximate surface area is 120 Å². The summed E-state index contributed by atoms with van der Waals surface area (Å²) in [6.07, 6.45) is 1.38. The van der Waals surface area contributed by atoms with Crippen LogP contribution in [-0.2, 0) is 6.18 Å². The van der Waals surface area contributed by atoms with E-state index in [1.807, 2.05) is 0 Å². The molecule has 0 aromatic heterocycles. The van der Waals surface area contributed by atoms with E-state index in [-0.39, 0.29) is 0 Å². The van der Waals surface area contributed by atoms with E-state index in [0.29, 0.717) is 10.7 Å². The van der Waals surface area contributed by atoms with Gasteiger partial charge in [0.1, 0.15) is 0 Å². The van der Waals surface area contributed by atoms with Crippen LogP contribution in [0.15, 0.2) is 18.2 Å². The van der Waals surface area contributed by atoms with Gasteiger partial charge in [0.05, 0.1) is 5.56 Å². The van der Waals surface area contributed by atoms with Crippen molar-refractivity contribution in [1.29, 1.82) is 0 Å². The Hall–Kier alpha value is -0.510. The summed E-state index contributed by atoms with van der Waals surface area (Å²) in [7, 11) is 0. The third-order valence-electron chi connectivity index (χ3n) is 3.90. The standard InChI is InChI=1S/C15H18BrF3/c1-10-8-12(15(17,18)19)6-7-14(10)11-4-2-3-5-13(16)9-11/h6-8,11,13H,2-5,9H2,1H3. The SMILES string of the molecule is Cc1cc(C(F)(F)F)ccc1C1CCCCC(Br)C1. The van der Waals surface area contributed by atoms with Crippen LogP contribution in [0.5, 0.6) is 0 Å². The van der Waals surface area contributed by atoms with E-state index < -0.39 is 11.7 Å². The Bertz CT molecular complexity index is 440. The molecule has 0 radical (unpaired) electrons. The highest BCUT2D eigenvalue weighted by Gasteiger charge is 2.31. The monoisotopic (exact) mass is 334 g/mol. The number of aryl methyl sites for hydroxylation is 1. The second-order valence-electron chi connectivity index (χ2n) is 5.38. The van der Waals surface area contributed by atoms with Crippen molar-refractivity contribution in [3.05, 3.63) is 34.9 Å². The molecule has 1 aromatic carbocycles. The van der Waals surface area contributed by atoms with Crippen LogP contribution in [0, 0.1) is 6.92 Å². The number of hydrogen-bond donors (Lipinski definition) is 0. The van der Waals surface area contributed by atoms with Crippen LogP contribution in [0.25, 0.3) is 0 Å². The van der Waals surface area contributed by atoms with Gasteiger partial charge in [0, 0.05) is 4.83 Å². The van der Waals surface area contributed by atoms with Gasteiger partial charge in [-0.15, -0.1) is 0 Å². The molecule has 0 bridgehead atoms. The quantitative estimate of drug-likeness (QED) is 0.448. The summed E-state index contributed by atoms with van der Waals surface area (Å²) in [4.78, 5) is 0.488. The molecule has 0 N–H and O–H groups in total. The maximum absolute atomic E-state index is 12.7. The lowest BCUT2D eigenvalue weighted by Gasteiger charge is -2.20. The van der Waals surface area contributed by atoms with Gasteiger partial charge in [-0.2, -0.15) is 13.2 Å². The largest absolute Gasteiger partial charge is 0.416 e. The number of hydrogen-bond acceptors (Lipinski definition) is 0. The Morgan fingerprint density at radius 3 is 2.47 bits per heavy atom. The van der Waals surface area contributed by atoms with Crippen LogP contribution in [0.4, 0.5) is 13.2 Å². The lowest BCUT2D eigenvalue weighted by molar-refractivity contribution is -0.137. The van der Waals surface area contributed by atoms with Gasteiger partial charge in [-0.3, -0.25) is 0 Å². The predicted molar refractivity (Wildman–Crippen MR) is 74.7 cm³/mol. The van der Waals surface area contributed by atoms with Crippen molar-refractivity contribution in [2.24, 2.45) is 0 Å². The van der Waals surface area contributed by atoms with E-state index >= 15 is 0 Å². The fourth-order valence-corrected chi connectivity index (χ4v) is 3.67. The van der Waals surface area contributed by atoms with Crippen molar-refractivity contribution in [2.75, 3.05) is 0 Å². The van der Waals surface area contributed by atoms with Crippen LogP contribution in [-0.4, -0.2) is 4.83 Å². The Morgan fingerprint density at radius 1 is 1.16 bits per heavy atom. The van der Waals surface area contributed by atoms with Crippen LogP contribution in [0.1, 0.15) is 54.7 Å². The molecule has 2 atom stereocenters. The van der Waals surface area contributed by atoms with Crippen LogP contribution >= 0.6 is 15.9 Å². The molecule has 106 valence electrons. The van der Waals surface area contributed by atoms with Crippen molar-refractivity contribution >= 4 is 15.9 Å². The molecule has 1 aliphatic carbocycles. The third-order valence-corrected chi connectivity index (χ3v) is 4.73. The van der Waals surface area contributed by atoms with Crippen molar-refractivity contribution in [1.82, 2.24) is 0 Å². The highest BCUT2D eigenvalue weighted by Crippen LogP contribution is 2.38. The van der Waals surface area contributed by atoms with Gasteiger partial charge in [-0.1, -0.05) is 34.8 Å². The van der Waals surface area contributed by atoms with E-state index in [0.717, 1.165) is 36.8 Å². The summed E-state index contributed by atoms with van der Waals surface area (Å²) in [5, 5.41) is 0. The molecule has 0 nitrogen and oxygen atoms in total. The molecule has 4 heteroatoms. The smallest absolute Gasteiger partial charge is 0.166 e. The molecule has 0 heterocycles. The Morgan fingerprint density at radius 2 is 1.84 bits per heavy atom. The van der Waals surface area contributed by atoms with Gasteiger partial charge in [0.25, 0.3) is 0 Å². The van der Waals surface area contributed by atoms with E-state index in [1.165, 1.54) is 18.6 Å². The maximum atomic E-state index is 12.7. The van der Waals surface area contributed by atoms with Crippen molar-refractivity contribution in [2.45, 2.75) is 55.9 Å². The second kappa shape index (κ2) is 5.86. The summed E-state index contributed by atoms with van der Waals surface area (Å²) < 4.78 is 38.0. The van der Waals surface area contributed by atoms with E-state index in [4.69, 9.17) is 0 Å². The molecular formula is C15H18BrF3. The van der Waals surface area contributed by atoms with Crippen LogP contribution in [0.2, 0.25) is 0 Å². The van der Waals surface area contributed by atoms with Gasteiger partial charge in [0.15, 0.2) is 0 Å². The molecule has 1 fully saturated rings. The minimum absolute atomic E-state index is 0.383. The maximum Gasteiger partial charge on any atom is 0.416 e. The van der Waals surface area contributed by atoms with Gasteiger partial charge < -0.3 is 0 Å². The van der Waals surface area contributed by atoms with E-state index in [1.54, 1.807) is 13.0 Å². The number of halogens is 4. The van der Waals surface area contributed by atoms with E-state index in [9.17, 15) is 13.2 Å². The van der Waals surface area contributed by atoms with Crippen molar-refractivity contribution in [3.8, 4) is 0 Å². The van der Waals surface area contributed by atoms with Crippen molar-refractivity contribution in [3.63, 3.8) is 0 Å². The summed E-state index contributed by atoms with van der Waals surface area (Å²) in [5.41, 5.74) is 1.30. The normalized spacial score (nSPS) is 25.1. The van der Waals surface area contributed by atoms with Crippen molar-refractivity contribution < 1.29 is 13.2 Å². The molecule has 1 aromatic rings. The summed E-state index contributed by atoms with van der Waals surface area (Å²) in [6, 6.07) is 4.17. The first-order chi connectivity index (χ1) is 8.88. The highest BCUT2D eigenvalue weighted by molar-refractivity contribution is 9.09. The zero-order valence-electron chi connectivity index (χ0n) is 10.9. The summed E-state index contributed by atoms with van der Waals surface area (Å²) in [5.74, 6) is 0.383. The molecule has 0 aliphatic heterocycles. The zero-order valence-corrected chi connectivity index (χ0v) is 12.5. The predicted octanol–water partition coefficient (Wildman–Crippen LogP) is 5.83. The molecule has 0 saturated heterocycles. The average Bonchev–Trinajstić information content (AvgIpc) is 2.52. The van der Waals surface area contributed by atoms with Gasteiger partial charge in [0.2, 0.25) is 0 Å². The fourth-order valence-electron chi connectivity index (χ4n) is 2.89. The molecule has 1 aliphatic rings. The number of benzene rings is 1. The zero-order chi connectivity index (χ0) is 14.0. The third kappa shape index (κ3) is 3.74. The first kappa shape index (κ1) is 14.9. The molecule has 19 heavy (non-hydrogen) atoms. The van der Waals surface area contributed by atoms with Gasteiger partial charge in [-0.05, 0) is 55.4 Å². The minimum Gasteiger partial charge on any atom is -0.166 e. The molecular weight excluding hydrogens is 317 g/mol. The summed E-state index contributed by atoms with van der Waals surface area (Å²) >= 11 is 3.67. The Kier molecular flexibility index (Phi) is 4.59. The topological polar surface area (TPSA) is 0 Å². The minimum atomic E-state index is -4.25.